The Labute approximate surface area is 343 Å². The summed E-state index contributed by atoms with van der Waals surface area (Å²) in [7, 11) is 0. The summed E-state index contributed by atoms with van der Waals surface area (Å²) < 4.78 is 46.8. The highest BCUT2D eigenvalue weighted by Gasteiger charge is 2.59. The van der Waals surface area contributed by atoms with Crippen molar-refractivity contribution in [2.24, 2.45) is 0 Å². The summed E-state index contributed by atoms with van der Waals surface area (Å²) in [5.41, 5.74) is 0. The minimum Gasteiger partial charge on any atom is -0.544 e. The number of rotatable bonds is 18. The average molecular weight is 876 g/mol. The molecular weight excluding hydrogens is 816 g/mol. The first-order valence-electron chi connectivity index (χ1n) is 19.5. The van der Waals surface area contributed by atoms with Crippen LogP contribution in [0.4, 0.5) is 0 Å². The number of hydrogen-bond acceptors (Lipinski definition) is 23. The largest absolute Gasteiger partial charge is 0.544 e. The molecule has 4 fully saturated rings. The molecule has 25 heteroatoms. The second kappa shape index (κ2) is 21.8. The molecule has 4 rings (SSSR count). The van der Waals surface area contributed by atoms with Crippen molar-refractivity contribution in [2.75, 3.05) is 26.4 Å². The molecule has 4 aliphatic heterocycles. The van der Waals surface area contributed by atoms with Gasteiger partial charge in [-0.05, 0) is 13.3 Å². The van der Waals surface area contributed by atoms with Crippen molar-refractivity contribution >= 4 is 17.8 Å². The summed E-state index contributed by atoms with van der Waals surface area (Å²) in [6, 6.07) is -3.06. The lowest BCUT2D eigenvalue weighted by molar-refractivity contribution is -0.412. The quantitative estimate of drug-likeness (QED) is 0.0569. The molecule has 4 aliphatic rings. The monoisotopic (exact) mass is 875 g/mol. The fourth-order valence-electron chi connectivity index (χ4n) is 7.45. The number of amides is 2. The van der Waals surface area contributed by atoms with Crippen LogP contribution in [0.5, 0.6) is 0 Å². The molecular formula is C35H59N2O23-. The molecule has 60 heavy (non-hydrogen) atoms. The number of carboxylic acid groups (broad SMARTS) is 1. The molecule has 348 valence electrons. The van der Waals surface area contributed by atoms with E-state index in [2.05, 4.69) is 10.6 Å². The summed E-state index contributed by atoms with van der Waals surface area (Å²) in [6.45, 7) is 2.43. The van der Waals surface area contributed by atoms with Crippen LogP contribution in [0.25, 0.3) is 0 Å². The van der Waals surface area contributed by atoms with Crippen LogP contribution in [-0.2, 0) is 52.3 Å². The third-order valence-corrected chi connectivity index (χ3v) is 10.7. The summed E-state index contributed by atoms with van der Waals surface area (Å²) in [4.78, 5) is 37.5. The second-order valence-corrected chi connectivity index (χ2v) is 15.2. The number of carbonyl (C=O) groups excluding carboxylic acids is 3. The molecule has 21 atom stereocenters. The van der Waals surface area contributed by atoms with Gasteiger partial charge in [-0.2, -0.15) is 0 Å². The SMILES string of the molecule is CCCCO[C@@H]1OC(CO)[C@@H](O[C@@H]2OC(C)[C@@H](O)C(O)[C@@H]2O)[C@H](O[C@@H]2OC(CO)[C@H](O)[C@H](O[C@]3(C(=O)[O-])C[C@@H](O)[C@@H](NC(C)=O)C([C@H](O)[C@H](O)CO)O3)C2O)C1NC(C)=O. The van der Waals surface area contributed by atoms with Gasteiger partial charge in [-0.25, -0.2) is 0 Å². The van der Waals surface area contributed by atoms with Crippen molar-refractivity contribution in [2.45, 2.75) is 175 Å². The number of carbonyl (C=O) groups is 3. The van der Waals surface area contributed by atoms with Crippen LogP contribution in [0.1, 0.15) is 47.0 Å². The summed E-state index contributed by atoms with van der Waals surface area (Å²) in [6.07, 6.45) is -33.1. The van der Waals surface area contributed by atoms with Crippen LogP contribution >= 0.6 is 0 Å². The van der Waals surface area contributed by atoms with E-state index in [-0.39, 0.29) is 6.61 Å². The first-order chi connectivity index (χ1) is 28.2. The Kier molecular flexibility index (Phi) is 18.3. The molecule has 7 unspecified atom stereocenters. The maximum atomic E-state index is 12.9. The molecule has 0 bridgehead atoms. The predicted molar refractivity (Wildman–Crippen MR) is 189 cm³/mol. The highest BCUT2D eigenvalue weighted by molar-refractivity contribution is 5.75. The van der Waals surface area contributed by atoms with Gasteiger partial charge in [0.2, 0.25) is 17.6 Å². The van der Waals surface area contributed by atoms with Crippen molar-refractivity contribution in [3.63, 3.8) is 0 Å². The van der Waals surface area contributed by atoms with E-state index in [1.54, 1.807) is 0 Å². The maximum Gasteiger partial charge on any atom is 0.217 e. The molecule has 2 amide bonds. The van der Waals surface area contributed by atoms with E-state index in [9.17, 15) is 75.7 Å². The summed E-state index contributed by atoms with van der Waals surface area (Å²) in [5.74, 6) is -6.95. The summed E-state index contributed by atoms with van der Waals surface area (Å²) in [5, 5.41) is 135. The standard InChI is InChI=1S/C35H60N2O23/c1-5-6-7-53-31-20(37-14(4)42)29(27(18(11-40)56-31)57-32-25(49)24(48)21(45)12(2)54-32)58-33-26(50)30(23(47)17(10-39)55-33)60-35(34(51)52)8-15(43)19(36-13(3)41)28(59-35)22(46)16(44)9-38/h12,15-33,38-40,43-50H,5-11H2,1-4H3,(H,36,41)(H,37,42)(H,51,52)/p-1/t12?,15-,16-,17?,18?,19-,20?,21-,22-,23+,24?,25+,26?,27-,28?,29-,30+,31-,32+,33+,35+/m1/s1. The zero-order chi connectivity index (χ0) is 44.8. The highest BCUT2D eigenvalue weighted by atomic mass is 16.8. The Morgan fingerprint density at radius 2 is 1.35 bits per heavy atom. The first kappa shape index (κ1) is 50.3. The Morgan fingerprint density at radius 1 is 0.767 bits per heavy atom. The van der Waals surface area contributed by atoms with Gasteiger partial charge in [0.15, 0.2) is 18.9 Å². The molecule has 13 N–H and O–H groups in total. The molecule has 25 nitrogen and oxygen atoms in total. The van der Waals surface area contributed by atoms with Gasteiger partial charge in [-0.15, -0.1) is 0 Å². The molecule has 0 spiro atoms. The van der Waals surface area contributed by atoms with Gasteiger partial charge >= 0.3 is 0 Å². The van der Waals surface area contributed by atoms with Gasteiger partial charge in [0.1, 0.15) is 91.4 Å². The van der Waals surface area contributed by atoms with Gasteiger partial charge in [0.25, 0.3) is 0 Å². The second-order valence-electron chi connectivity index (χ2n) is 15.2. The Morgan fingerprint density at radius 3 is 1.92 bits per heavy atom. The van der Waals surface area contributed by atoms with Crippen molar-refractivity contribution in [1.82, 2.24) is 10.6 Å². The van der Waals surface area contributed by atoms with Gasteiger partial charge < -0.3 is 115 Å². The number of carboxylic acids is 1. The minimum absolute atomic E-state index is 0.0575. The van der Waals surface area contributed by atoms with Crippen LogP contribution in [0.3, 0.4) is 0 Å². The van der Waals surface area contributed by atoms with Crippen molar-refractivity contribution in [1.29, 1.82) is 0 Å². The zero-order valence-electron chi connectivity index (χ0n) is 33.3. The number of aliphatic hydroxyl groups excluding tert-OH is 11. The van der Waals surface area contributed by atoms with Crippen LogP contribution in [0.15, 0.2) is 0 Å². The molecule has 4 heterocycles. The zero-order valence-corrected chi connectivity index (χ0v) is 33.3. The van der Waals surface area contributed by atoms with E-state index in [1.807, 2.05) is 6.92 Å². The maximum absolute atomic E-state index is 12.9. The smallest absolute Gasteiger partial charge is 0.217 e. The van der Waals surface area contributed by atoms with Crippen LogP contribution < -0.4 is 15.7 Å². The molecule has 0 radical (unpaired) electrons. The lowest BCUT2D eigenvalue weighted by Crippen LogP contribution is -2.72. The summed E-state index contributed by atoms with van der Waals surface area (Å²) >= 11 is 0. The van der Waals surface area contributed by atoms with E-state index in [0.29, 0.717) is 12.8 Å². The van der Waals surface area contributed by atoms with Crippen LogP contribution in [-0.4, -0.2) is 229 Å². The van der Waals surface area contributed by atoms with E-state index in [0.717, 1.165) is 13.8 Å². The number of hydrogen-bond donors (Lipinski definition) is 13. The highest BCUT2D eigenvalue weighted by Crippen LogP contribution is 2.39. The minimum atomic E-state index is -3.22. The third-order valence-electron chi connectivity index (χ3n) is 10.7. The molecule has 4 saturated heterocycles. The number of aliphatic carboxylic acids is 1. The molecule has 0 aromatic carbocycles. The fourth-order valence-corrected chi connectivity index (χ4v) is 7.45. The lowest BCUT2D eigenvalue weighted by Gasteiger charge is -2.53. The molecule has 0 aromatic rings. The van der Waals surface area contributed by atoms with Crippen molar-refractivity contribution < 1.29 is 114 Å². The van der Waals surface area contributed by atoms with E-state index >= 15 is 0 Å². The Balaban J connectivity index is 1.76. The molecule has 0 aromatic heterocycles. The topological polar surface area (TPSA) is 395 Å². The van der Waals surface area contributed by atoms with Crippen LogP contribution in [0, 0.1) is 0 Å². The van der Waals surface area contributed by atoms with Gasteiger partial charge in [0.05, 0.1) is 38.1 Å². The number of ether oxygens (including phenoxy) is 8. The van der Waals surface area contributed by atoms with Crippen molar-refractivity contribution in [3.05, 3.63) is 0 Å². The van der Waals surface area contributed by atoms with Crippen molar-refractivity contribution in [3.8, 4) is 0 Å². The molecule has 0 aliphatic carbocycles. The van der Waals surface area contributed by atoms with Gasteiger partial charge in [-0.1, -0.05) is 13.3 Å². The normalized spacial score (nSPS) is 43.5. The average Bonchev–Trinajstić information content (AvgIpc) is 3.20. The third kappa shape index (κ3) is 11.2. The molecule has 0 saturated carbocycles. The Bertz CT molecular complexity index is 1400. The number of nitrogens with one attached hydrogen (secondary N) is 2. The predicted octanol–water partition coefficient (Wildman–Crippen LogP) is -8.74. The van der Waals surface area contributed by atoms with Crippen LogP contribution in [0.2, 0.25) is 0 Å². The number of unbranched alkanes of at least 4 members (excludes halogenated alkanes) is 1. The first-order valence-corrected chi connectivity index (χ1v) is 19.5. The number of aliphatic hydroxyl groups is 11. The van der Waals surface area contributed by atoms with E-state index in [4.69, 9.17) is 37.9 Å². The van der Waals surface area contributed by atoms with Gasteiger partial charge in [0, 0.05) is 26.9 Å². The van der Waals surface area contributed by atoms with E-state index < -0.39 is 172 Å². The Hall–Kier alpha value is -2.35. The lowest BCUT2D eigenvalue weighted by atomic mass is 9.88. The van der Waals surface area contributed by atoms with Gasteiger partial charge in [-0.3, -0.25) is 9.59 Å². The van der Waals surface area contributed by atoms with E-state index in [1.165, 1.54) is 6.92 Å². The fraction of sp³-hybridized carbons (Fsp3) is 0.914.